The molecule has 0 aliphatic heterocycles. The molecule has 0 aliphatic carbocycles. The summed E-state index contributed by atoms with van der Waals surface area (Å²) in [5.74, 6) is 0. The largest absolute Gasteiger partial charge is 0.135 e. The first kappa shape index (κ1) is 18.6. The molecular weight excluding hydrogens is 433 g/mol. The van der Waals surface area contributed by atoms with Gasteiger partial charge in [-0.15, -0.1) is 22.7 Å². The topological polar surface area (TPSA) is 0 Å². The summed E-state index contributed by atoms with van der Waals surface area (Å²) in [4.78, 5) is 5.21. The highest BCUT2D eigenvalue weighted by Gasteiger charge is 2.07. The zero-order valence-electron chi connectivity index (χ0n) is 13.5. The van der Waals surface area contributed by atoms with Crippen LogP contribution in [0.2, 0.25) is 0 Å². The van der Waals surface area contributed by atoms with Crippen molar-refractivity contribution >= 4 is 67.8 Å². The maximum Gasteiger partial charge on any atom is 0.0721 e. The Labute approximate surface area is 178 Å². The lowest BCUT2D eigenvalue weighted by atomic mass is 10.4. The lowest BCUT2D eigenvalue weighted by Gasteiger charge is -1.97. The van der Waals surface area contributed by atoms with E-state index < -0.39 is 0 Å². The lowest BCUT2D eigenvalue weighted by Crippen LogP contribution is -1.67. The maximum atomic E-state index is 2.28. The van der Waals surface area contributed by atoms with Crippen LogP contribution in [-0.4, -0.2) is 0 Å². The van der Waals surface area contributed by atoms with Gasteiger partial charge in [-0.25, -0.2) is 0 Å². The van der Waals surface area contributed by atoms with E-state index in [1.54, 1.807) is 0 Å². The van der Waals surface area contributed by atoms with Gasteiger partial charge in [0.2, 0.25) is 0 Å². The molecule has 0 unspecified atom stereocenters. The van der Waals surface area contributed by atoms with Crippen molar-refractivity contribution in [2.45, 2.75) is 28.0 Å². The van der Waals surface area contributed by atoms with E-state index in [9.17, 15) is 0 Å². The fourth-order valence-corrected chi connectivity index (χ4v) is 8.79. The van der Waals surface area contributed by atoms with Crippen molar-refractivity contribution in [2.24, 2.45) is 0 Å². The van der Waals surface area contributed by atoms with Gasteiger partial charge in [0.25, 0.3) is 0 Å². The average Bonchev–Trinajstić information content (AvgIpc) is 3.31. The van der Waals surface area contributed by atoms with Gasteiger partial charge in [-0.2, -0.15) is 0 Å². The lowest BCUT2D eigenvalue weighted by molar-refractivity contribution is 1.43. The van der Waals surface area contributed by atoms with Crippen LogP contribution in [0, 0.1) is 0 Å². The summed E-state index contributed by atoms with van der Waals surface area (Å²) in [7, 11) is 3.70. The molecule has 0 nitrogen and oxygen atoms in total. The van der Waals surface area contributed by atoms with Crippen molar-refractivity contribution in [3.63, 3.8) is 0 Å². The third kappa shape index (κ3) is 5.38. The first-order chi connectivity index (χ1) is 12.8. The molecule has 4 aromatic rings. The van der Waals surface area contributed by atoms with E-state index in [4.69, 9.17) is 0 Å². The number of benzene rings is 2. The predicted octanol–water partition coefficient (Wildman–Crippen LogP) is 8.91. The molecular formula is C20H14S6. The van der Waals surface area contributed by atoms with Gasteiger partial charge in [-0.3, -0.25) is 0 Å². The molecule has 2 aromatic carbocycles. The van der Waals surface area contributed by atoms with Gasteiger partial charge >= 0.3 is 0 Å². The van der Waals surface area contributed by atoms with E-state index in [0.717, 1.165) is 0 Å². The number of rotatable bonds is 7. The maximum absolute atomic E-state index is 2.28. The number of hydrogen-bond donors (Lipinski definition) is 0. The second-order valence-corrected chi connectivity index (χ2v) is 12.0. The highest BCUT2D eigenvalue weighted by Crippen LogP contribution is 2.46. The molecule has 130 valence electrons. The van der Waals surface area contributed by atoms with Gasteiger partial charge in [0.1, 0.15) is 0 Å². The Kier molecular flexibility index (Phi) is 6.75. The summed E-state index contributed by atoms with van der Waals surface area (Å²) >= 11 is 7.28. The van der Waals surface area contributed by atoms with Crippen molar-refractivity contribution < 1.29 is 0 Å². The smallest absolute Gasteiger partial charge is 0.0721 e. The quantitative estimate of drug-likeness (QED) is 0.260. The van der Waals surface area contributed by atoms with Crippen molar-refractivity contribution in [3.8, 4) is 0 Å². The summed E-state index contributed by atoms with van der Waals surface area (Å²) in [6.07, 6.45) is 0. The van der Waals surface area contributed by atoms with Crippen LogP contribution in [0.4, 0.5) is 0 Å². The molecule has 26 heavy (non-hydrogen) atoms. The molecule has 0 spiro atoms. The predicted molar refractivity (Wildman–Crippen MR) is 121 cm³/mol. The SMILES string of the molecule is c1ccc(Sc2csc(SSc3cc(Sc4ccccc4)cs3)c2)cc1. The molecule has 2 heterocycles. The van der Waals surface area contributed by atoms with Crippen LogP contribution in [-0.2, 0) is 0 Å². The van der Waals surface area contributed by atoms with Gasteiger partial charge in [0.15, 0.2) is 0 Å². The molecule has 0 aliphatic rings. The fraction of sp³-hybridized carbons (Fsp3) is 0. The molecule has 0 atom stereocenters. The third-order valence-corrected chi connectivity index (χ3v) is 10.7. The van der Waals surface area contributed by atoms with Crippen LogP contribution >= 0.6 is 67.8 Å². The van der Waals surface area contributed by atoms with Crippen LogP contribution in [0.3, 0.4) is 0 Å². The minimum absolute atomic E-state index is 1.29. The van der Waals surface area contributed by atoms with Crippen LogP contribution in [0.25, 0.3) is 0 Å². The summed E-state index contributed by atoms with van der Waals surface area (Å²) in [5.41, 5.74) is 0. The van der Waals surface area contributed by atoms with E-state index in [-0.39, 0.29) is 0 Å². The van der Waals surface area contributed by atoms with E-state index >= 15 is 0 Å². The van der Waals surface area contributed by atoms with E-state index in [0.29, 0.717) is 0 Å². The van der Waals surface area contributed by atoms with Crippen LogP contribution in [0.1, 0.15) is 0 Å². The van der Waals surface area contributed by atoms with Gasteiger partial charge in [0.05, 0.1) is 8.42 Å². The van der Waals surface area contributed by atoms with Crippen LogP contribution < -0.4 is 0 Å². The molecule has 0 amide bonds. The summed E-state index contributed by atoms with van der Waals surface area (Å²) < 4.78 is 2.69. The zero-order chi connectivity index (χ0) is 17.6. The highest BCUT2D eigenvalue weighted by atomic mass is 33.1. The van der Waals surface area contributed by atoms with Crippen molar-refractivity contribution in [2.75, 3.05) is 0 Å². The van der Waals surface area contributed by atoms with Crippen LogP contribution in [0.5, 0.6) is 0 Å². The molecule has 0 bridgehead atoms. The normalized spacial score (nSPS) is 10.9. The second kappa shape index (κ2) is 9.44. The summed E-state index contributed by atoms with van der Waals surface area (Å²) in [5, 5.41) is 4.48. The molecule has 0 N–H and O–H groups in total. The minimum Gasteiger partial charge on any atom is -0.135 e. The van der Waals surface area contributed by atoms with Gasteiger partial charge < -0.3 is 0 Å². The van der Waals surface area contributed by atoms with E-state index in [2.05, 4.69) is 83.6 Å². The average molecular weight is 447 g/mol. The molecule has 0 radical (unpaired) electrons. The summed E-state index contributed by atoms with van der Waals surface area (Å²) in [6, 6.07) is 25.6. The Morgan fingerprint density at radius 1 is 0.500 bits per heavy atom. The second-order valence-electron chi connectivity index (χ2n) is 5.20. The molecule has 0 saturated carbocycles. The van der Waals surface area contributed by atoms with Crippen molar-refractivity contribution in [1.29, 1.82) is 0 Å². The molecule has 0 fully saturated rings. The first-order valence-corrected chi connectivity index (χ1v) is 13.4. The Morgan fingerprint density at radius 3 is 1.35 bits per heavy atom. The van der Waals surface area contributed by atoms with Gasteiger partial charge in [-0.1, -0.05) is 59.9 Å². The van der Waals surface area contributed by atoms with Gasteiger partial charge in [-0.05, 0) is 58.0 Å². The highest BCUT2D eigenvalue weighted by molar-refractivity contribution is 8.77. The Balaban J connectivity index is 1.32. The Bertz CT molecular complexity index is 863. The number of thiophene rings is 2. The molecule has 2 aromatic heterocycles. The molecule has 0 saturated heterocycles. The molecule has 4 rings (SSSR count). The number of hydrogen-bond acceptors (Lipinski definition) is 6. The van der Waals surface area contributed by atoms with E-state index in [1.807, 2.05) is 67.8 Å². The first-order valence-electron chi connectivity index (χ1n) is 7.82. The Hall–Kier alpha value is -0.760. The monoisotopic (exact) mass is 446 g/mol. The van der Waals surface area contributed by atoms with E-state index in [1.165, 1.54) is 28.0 Å². The van der Waals surface area contributed by atoms with Crippen molar-refractivity contribution in [1.82, 2.24) is 0 Å². The zero-order valence-corrected chi connectivity index (χ0v) is 18.4. The fourth-order valence-electron chi connectivity index (χ4n) is 2.13. The molecule has 6 heteroatoms. The third-order valence-electron chi connectivity index (χ3n) is 3.27. The van der Waals surface area contributed by atoms with Crippen molar-refractivity contribution in [3.05, 3.63) is 83.6 Å². The Morgan fingerprint density at radius 2 is 0.923 bits per heavy atom. The summed E-state index contributed by atoms with van der Waals surface area (Å²) in [6.45, 7) is 0. The minimum atomic E-state index is 1.29. The van der Waals surface area contributed by atoms with Gasteiger partial charge in [0, 0.05) is 30.3 Å². The standard InChI is InChI=1S/C20H14S6/c1-3-7-15(8-4-1)23-17-11-19(21-13-17)25-26-20-12-18(14-22-20)24-16-9-5-2-6-10-16/h1-14H. The van der Waals surface area contributed by atoms with Crippen LogP contribution in [0.15, 0.2) is 112 Å².